The number of amides is 1. The average Bonchev–Trinajstić information content (AvgIpc) is 3.07. The number of rotatable bonds is 2. The molecule has 1 aliphatic carbocycles. The van der Waals surface area contributed by atoms with Crippen LogP contribution in [0.2, 0.25) is 0 Å². The van der Waals surface area contributed by atoms with Crippen LogP contribution in [0.5, 0.6) is 11.5 Å². The zero-order valence-electron chi connectivity index (χ0n) is 13.4. The Morgan fingerprint density at radius 3 is 2.58 bits per heavy atom. The van der Waals surface area contributed by atoms with Crippen LogP contribution in [0, 0.1) is 5.92 Å². The monoisotopic (exact) mass is 351 g/mol. The van der Waals surface area contributed by atoms with Gasteiger partial charge in [0.1, 0.15) is 0 Å². The summed E-state index contributed by atoms with van der Waals surface area (Å²) < 4.78 is 35.1. The van der Waals surface area contributed by atoms with Crippen molar-refractivity contribution in [3.8, 4) is 11.5 Å². The standard InChI is InChI=1S/C17H21NO5S/c19-16(12-6-9-24(20,21)11-12)18-13-4-5-14-15(10-13)23-17(22-14)7-2-1-3-8-17/h4-5,10,12H,1-3,6-9,11H2,(H,18,19)/t12-/m0/s1. The van der Waals surface area contributed by atoms with Gasteiger partial charge in [0, 0.05) is 24.6 Å². The van der Waals surface area contributed by atoms with Gasteiger partial charge in [0.2, 0.25) is 5.91 Å². The molecule has 4 rings (SSSR count). The van der Waals surface area contributed by atoms with Gasteiger partial charge in [0.05, 0.1) is 17.4 Å². The van der Waals surface area contributed by atoms with Gasteiger partial charge in [0.15, 0.2) is 21.3 Å². The van der Waals surface area contributed by atoms with E-state index < -0.39 is 21.5 Å². The van der Waals surface area contributed by atoms with E-state index in [9.17, 15) is 13.2 Å². The fourth-order valence-electron chi connectivity index (χ4n) is 3.71. The molecule has 0 unspecified atom stereocenters. The molecule has 1 aromatic carbocycles. The second-order valence-corrected chi connectivity index (χ2v) is 9.15. The summed E-state index contributed by atoms with van der Waals surface area (Å²) in [6.07, 6.45) is 5.53. The Hall–Kier alpha value is -1.76. The molecule has 7 heteroatoms. The first kappa shape index (κ1) is 15.7. The maximum Gasteiger partial charge on any atom is 0.251 e. The number of carbonyl (C=O) groups is 1. The lowest BCUT2D eigenvalue weighted by Crippen LogP contribution is -2.40. The van der Waals surface area contributed by atoms with E-state index in [1.807, 2.05) is 0 Å². The van der Waals surface area contributed by atoms with Crippen molar-refractivity contribution in [2.75, 3.05) is 16.8 Å². The Balaban J connectivity index is 1.45. The highest BCUT2D eigenvalue weighted by Crippen LogP contribution is 2.46. The molecule has 1 aromatic rings. The summed E-state index contributed by atoms with van der Waals surface area (Å²) in [5, 5.41) is 2.80. The summed E-state index contributed by atoms with van der Waals surface area (Å²) in [6, 6.07) is 5.34. The smallest absolute Gasteiger partial charge is 0.251 e. The highest BCUT2D eigenvalue weighted by Gasteiger charge is 2.42. The molecular formula is C17H21NO5S. The van der Waals surface area contributed by atoms with Crippen molar-refractivity contribution in [1.29, 1.82) is 0 Å². The number of carbonyl (C=O) groups excluding carboxylic acids is 1. The Morgan fingerprint density at radius 2 is 1.88 bits per heavy atom. The van der Waals surface area contributed by atoms with Gasteiger partial charge in [-0.2, -0.15) is 0 Å². The first-order chi connectivity index (χ1) is 11.4. The number of anilines is 1. The van der Waals surface area contributed by atoms with Crippen LogP contribution in [0.4, 0.5) is 5.69 Å². The third-order valence-electron chi connectivity index (χ3n) is 5.02. The molecule has 2 aliphatic heterocycles. The van der Waals surface area contributed by atoms with Gasteiger partial charge in [-0.25, -0.2) is 8.42 Å². The van der Waals surface area contributed by atoms with E-state index in [4.69, 9.17) is 9.47 Å². The Morgan fingerprint density at radius 1 is 1.12 bits per heavy atom. The van der Waals surface area contributed by atoms with Crippen LogP contribution in [-0.4, -0.2) is 31.6 Å². The van der Waals surface area contributed by atoms with Crippen LogP contribution in [-0.2, 0) is 14.6 Å². The molecule has 3 aliphatic rings. The molecule has 0 aromatic heterocycles. The largest absolute Gasteiger partial charge is 0.448 e. The number of nitrogens with one attached hydrogen (secondary N) is 1. The van der Waals surface area contributed by atoms with E-state index in [0.717, 1.165) is 25.7 Å². The zero-order chi connectivity index (χ0) is 16.8. The molecule has 1 saturated carbocycles. The molecule has 1 spiro atoms. The summed E-state index contributed by atoms with van der Waals surface area (Å²) >= 11 is 0. The highest BCUT2D eigenvalue weighted by atomic mass is 32.2. The Kier molecular flexibility index (Phi) is 3.71. The van der Waals surface area contributed by atoms with Crippen LogP contribution >= 0.6 is 0 Å². The Bertz CT molecular complexity index is 767. The van der Waals surface area contributed by atoms with Gasteiger partial charge >= 0.3 is 0 Å². The van der Waals surface area contributed by atoms with E-state index in [2.05, 4.69) is 5.32 Å². The van der Waals surface area contributed by atoms with Crippen molar-refractivity contribution in [2.24, 2.45) is 5.92 Å². The average molecular weight is 351 g/mol. The SMILES string of the molecule is O=C(Nc1ccc2c(c1)OC1(CCCCC1)O2)[C@H]1CCS(=O)(=O)C1. The first-order valence-corrected chi connectivity index (χ1v) is 10.3. The number of hydrogen-bond donors (Lipinski definition) is 1. The molecule has 2 fully saturated rings. The molecule has 0 bridgehead atoms. The molecule has 6 nitrogen and oxygen atoms in total. The van der Waals surface area contributed by atoms with Crippen LogP contribution in [0.1, 0.15) is 38.5 Å². The predicted octanol–water partition coefficient (Wildman–Crippen LogP) is 2.49. The highest BCUT2D eigenvalue weighted by molar-refractivity contribution is 7.91. The molecule has 1 N–H and O–H groups in total. The summed E-state index contributed by atoms with van der Waals surface area (Å²) in [5.74, 6) is 0.129. The van der Waals surface area contributed by atoms with Crippen molar-refractivity contribution in [1.82, 2.24) is 0 Å². The van der Waals surface area contributed by atoms with E-state index in [-0.39, 0.29) is 17.4 Å². The topological polar surface area (TPSA) is 81.7 Å². The van der Waals surface area contributed by atoms with Crippen LogP contribution in [0.25, 0.3) is 0 Å². The number of ether oxygens (including phenoxy) is 2. The third-order valence-corrected chi connectivity index (χ3v) is 6.79. The van der Waals surface area contributed by atoms with Crippen LogP contribution in [0.3, 0.4) is 0 Å². The predicted molar refractivity (Wildman–Crippen MR) is 88.9 cm³/mol. The first-order valence-electron chi connectivity index (χ1n) is 8.48. The van der Waals surface area contributed by atoms with Gasteiger partial charge in [-0.15, -0.1) is 0 Å². The summed E-state index contributed by atoms with van der Waals surface area (Å²) in [5.41, 5.74) is 0.611. The van der Waals surface area contributed by atoms with Crippen molar-refractivity contribution >= 4 is 21.4 Å². The Labute approximate surface area is 141 Å². The fourth-order valence-corrected chi connectivity index (χ4v) is 5.45. The van der Waals surface area contributed by atoms with Crippen molar-refractivity contribution < 1.29 is 22.7 Å². The van der Waals surface area contributed by atoms with E-state index in [1.54, 1.807) is 18.2 Å². The minimum absolute atomic E-state index is 0.0630. The molecule has 24 heavy (non-hydrogen) atoms. The van der Waals surface area contributed by atoms with Gasteiger partial charge in [-0.3, -0.25) is 4.79 Å². The fraction of sp³-hybridized carbons (Fsp3) is 0.588. The number of hydrogen-bond acceptors (Lipinski definition) is 5. The summed E-state index contributed by atoms with van der Waals surface area (Å²) in [4.78, 5) is 12.3. The molecule has 1 atom stereocenters. The van der Waals surface area contributed by atoms with E-state index in [0.29, 0.717) is 23.6 Å². The van der Waals surface area contributed by atoms with Gasteiger partial charge < -0.3 is 14.8 Å². The normalized spacial score (nSPS) is 26.4. The number of benzene rings is 1. The molecule has 2 heterocycles. The lowest BCUT2D eigenvalue weighted by molar-refractivity contribution is -0.119. The molecular weight excluding hydrogens is 330 g/mol. The summed E-state index contributed by atoms with van der Waals surface area (Å²) in [6.45, 7) is 0. The van der Waals surface area contributed by atoms with Crippen molar-refractivity contribution in [3.63, 3.8) is 0 Å². The minimum Gasteiger partial charge on any atom is -0.448 e. The van der Waals surface area contributed by atoms with Gasteiger partial charge in [-0.1, -0.05) is 6.42 Å². The minimum atomic E-state index is -3.07. The second-order valence-electron chi connectivity index (χ2n) is 6.93. The third kappa shape index (κ3) is 2.97. The second kappa shape index (κ2) is 5.65. The van der Waals surface area contributed by atoms with Crippen molar-refractivity contribution in [3.05, 3.63) is 18.2 Å². The van der Waals surface area contributed by atoms with Crippen LogP contribution < -0.4 is 14.8 Å². The lowest BCUT2D eigenvalue weighted by atomic mass is 9.94. The molecule has 1 amide bonds. The maximum atomic E-state index is 12.3. The maximum absolute atomic E-state index is 12.3. The summed E-state index contributed by atoms with van der Waals surface area (Å²) in [7, 11) is -3.07. The molecule has 130 valence electrons. The van der Waals surface area contributed by atoms with E-state index >= 15 is 0 Å². The van der Waals surface area contributed by atoms with Crippen molar-refractivity contribution in [2.45, 2.75) is 44.3 Å². The van der Waals surface area contributed by atoms with E-state index in [1.165, 1.54) is 6.42 Å². The lowest BCUT2D eigenvalue weighted by Gasteiger charge is -2.31. The zero-order valence-corrected chi connectivity index (χ0v) is 14.2. The van der Waals surface area contributed by atoms with Crippen LogP contribution in [0.15, 0.2) is 18.2 Å². The quantitative estimate of drug-likeness (QED) is 0.885. The van der Waals surface area contributed by atoms with Gasteiger partial charge in [0.25, 0.3) is 5.79 Å². The number of fused-ring (bicyclic) bond motifs is 1. The number of sulfone groups is 1. The molecule has 1 saturated heterocycles. The molecule has 0 radical (unpaired) electrons. The van der Waals surface area contributed by atoms with Gasteiger partial charge in [-0.05, 0) is 31.4 Å².